The first-order valence-electron chi connectivity index (χ1n) is 10.3. The molecule has 4 rings (SSSR count). The molecule has 2 heterocycles. The second kappa shape index (κ2) is 7.22. The van der Waals surface area contributed by atoms with E-state index in [0.717, 1.165) is 18.6 Å². The van der Waals surface area contributed by atoms with Crippen LogP contribution in [0.15, 0.2) is 24.3 Å². The van der Waals surface area contributed by atoms with Crippen molar-refractivity contribution < 1.29 is 9.53 Å². The maximum atomic E-state index is 13.1. The molecule has 2 fully saturated rings. The predicted molar refractivity (Wildman–Crippen MR) is 103 cm³/mol. The van der Waals surface area contributed by atoms with Crippen molar-refractivity contribution in [3.05, 3.63) is 29.8 Å². The van der Waals surface area contributed by atoms with E-state index >= 15 is 0 Å². The van der Waals surface area contributed by atoms with Gasteiger partial charge in [0, 0.05) is 25.6 Å². The summed E-state index contributed by atoms with van der Waals surface area (Å²) in [7, 11) is 2.02. The molecule has 1 aliphatic carbocycles. The number of amides is 1. The summed E-state index contributed by atoms with van der Waals surface area (Å²) in [5, 5.41) is 0. The average Bonchev–Trinajstić information content (AvgIpc) is 3.27. The van der Waals surface area contributed by atoms with Crippen LogP contribution in [0.1, 0.15) is 57.4 Å². The van der Waals surface area contributed by atoms with E-state index in [9.17, 15) is 4.79 Å². The van der Waals surface area contributed by atoms with Gasteiger partial charge in [-0.15, -0.1) is 0 Å². The van der Waals surface area contributed by atoms with Gasteiger partial charge in [-0.1, -0.05) is 31.0 Å². The lowest BCUT2D eigenvalue weighted by Gasteiger charge is -2.43. The van der Waals surface area contributed by atoms with Gasteiger partial charge in [-0.2, -0.15) is 0 Å². The van der Waals surface area contributed by atoms with Crippen molar-refractivity contribution >= 4 is 5.91 Å². The first-order chi connectivity index (χ1) is 12.6. The van der Waals surface area contributed by atoms with Crippen LogP contribution in [0, 0.1) is 0 Å². The van der Waals surface area contributed by atoms with Gasteiger partial charge >= 0.3 is 0 Å². The molecule has 1 saturated heterocycles. The number of carbonyl (C=O) groups excluding carboxylic acids is 1. The minimum atomic E-state index is -0.410. The summed E-state index contributed by atoms with van der Waals surface area (Å²) in [6.45, 7) is 4.50. The number of likely N-dealkylation sites (tertiary alicyclic amines) is 1. The number of carbonyl (C=O) groups is 1. The molecule has 1 saturated carbocycles. The molecule has 3 atom stereocenters. The van der Waals surface area contributed by atoms with Gasteiger partial charge in [0.05, 0.1) is 6.42 Å². The van der Waals surface area contributed by atoms with Gasteiger partial charge in [0.1, 0.15) is 11.4 Å². The third-order valence-electron chi connectivity index (χ3n) is 6.61. The Kier molecular flexibility index (Phi) is 4.96. The van der Waals surface area contributed by atoms with Crippen LogP contribution in [0.3, 0.4) is 0 Å². The molecule has 1 aromatic rings. The fourth-order valence-electron chi connectivity index (χ4n) is 5.22. The van der Waals surface area contributed by atoms with E-state index in [1.807, 2.05) is 25.2 Å². The van der Waals surface area contributed by atoms with Crippen LogP contribution in [0.5, 0.6) is 5.75 Å². The van der Waals surface area contributed by atoms with Crippen LogP contribution in [0.4, 0.5) is 0 Å². The van der Waals surface area contributed by atoms with Crippen molar-refractivity contribution in [2.45, 2.75) is 76.0 Å². The van der Waals surface area contributed by atoms with Crippen molar-refractivity contribution in [3.63, 3.8) is 0 Å². The Morgan fingerprint density at radius 3 is 2.69 bits per heavy atom. The number of hydrogen-bond donors (Lipinski definition) is 0. The van der Waals surface area contributed by atoms with Crippen LogP contribution in [-0.4, -0.2) is 53.5 Å². The summed E-state index contributed by atoms with van der Waals surface area (Å²) < 4.78 is 6.17. The molecule has 26 heavy (non-hydrogen) atoms. The number of para-hydroxylation sites is 1. The summed E-state index contributed by atoms with van der Waals surface area (Å²) in [6.07, 6.45) is 8.82. The molecular formula is C22H32N2O2. The van der Waals surface area contributed by atoms with Crippen molar-refractivity contribution in [1.29, 1.82) is 0 Å². The highest BCUT2D eigenvalue weighted by atomic mass is 16.5. The molecule has 1 aromatic carbocycles. The zero-order valence-corrected chi connectivity index (χ0v) is 16.2. The minimum Gasteiger partial charge on any atom is -0.486 e. The number of benzene rings is 1. The molecule has 0 radical (unpaired) electrons. The second-order valence-corrected chi connectivity index (χ2v) is 8.68. The Bertz CT molecular complexity index is 628. The Hall–Kier alpha value is -1.55. The van der Waals surface area contributed by atoms with Gasteiger partial charge in [0.25, 0.3) is 0 Å². The molecule has 0 aromatic heterocycles. The first-order valence-corrected chi connectivity index (χ1v) is 10.3. The fraction of sp³-hybridized carbons (Fsp3) is 0.682. The van der Waals surface area contributed by atoms with Gasteiger partial charge in [0.15, 0.2) is 0 Å². The minimum absolute atomic E-state index is 0.233. The quantitative estimate of drug-likeness (QED) is 0.826. The van der Waals surface area contributed by atoms with Crippen molar-refractivity contribution in [1.82, 2.24) is 9.80 Å². The summed E-state index contributed by atoms with van der Waals surface area (Å²) in [6, 6.07) is 9.08. The maximum absolute atomic E-state index is 13.1. The number of rotatable bonds is 4. The van der Waals surface area contributed by atoms with Gasteiger partial charge in [-0.05, 0) is 57.3 Å². The normalized spacial score (nSPS) is 31.5. The van der Waals surface area contributed by atoms with E-state index in [1.165, 1.54) is 50.8 Å². The Labute approximate surface area is 157 Å². The highest BCUT2D eigenvalue weighted by Gasteiger charge is 2.40. The van der Waals surface area contributed by atoms with Crippen LogP contribution in [0.25, 0.3) is 0 Å². The zero-order chi connectivity index (χ0) is 18.1. The smallest absolute Gasteiger partial charge is 0.226 e. The Morgan fingerprint density at radius 2 is 1.92 bits per heavy atom. The van der Waals surface area contributed by atoms with Crippen molar-refractivity contribution in [2.75, 3.05) is 20.1 Å². The van der Waals surface area contributed by atoms with Crippen molar-refractivity contribution in [3.8, 4) is 5.75 Å². The molecule has 1 amide bonds. The molecular weight excluding hydrogens is 324 g/mol. The number of fused-ring (bicyclic) bond motifs is 1. The van der Waals surface area contributed by atoms with E-state index in [4.69, 9.17) is 4.74 Å². The standard InChI is InChI=1S/C22H32N2O2/c1-22(15-17-9-3-6-12-20(17)26-22)16-21(25)23(2)18-10-4-5-11-19(18)24-13-7-8-14-24/h3,6,9,12,18-19H,4-5,7-8,10-11,13-16H2,1-2H3/t18-,19-,22?/m1/s1. The van der Waals surface area contributed by atoms with E-state index in [0.29, 0.717) is 18.5 Å². The highest BCUT2D eigenvalue weighted by molar-refractivity contribution is 5.77. The van der Waals surface area contributed by atoms with Crippen LogP contribution < -0.4 is 4.74 Å². The molecule has 1 unspecified atom stereocenters. The molecule has 0 bridgehead atoms. The molecule has 0 N–H and O–H groups in total. The SMILES string of the molecule is CN(C(=O)CC1(C)Cc2ccccc2O1)[C@@H]1CCCC[C@H]1N1CCCC1. The monoisotopic (exact) mass is 356 g/mol. The van der Waals surface area contributed by atoms with E-state index in [-0.39, 0.29) is 5.91 Å². The van der Waals surface area contributed by atoms with E-state index in [1.54, 1.807) is 0 Å². The summed E-state index contributed by atoms with van der Waals surface area (Å²) in [5.41, 5.74) is 0.811. The number of ether oxygens (including phenoxy) is 1. The van der Waals surface area contributed by atoms with Crippen molar-refractivity contribution in [2.24, 2.45) is 0 Å². The summed E-state index contributed by atoms with van der Waals surface area (Å²) in [4.78, 5) is 17.8. The first kappa shape index (κ1) is 17.8. The molecule has 2 aliphatic heterocycles. The lowest BCUT2D eigenvalue weighted by Crippen LogP contribution is -2.54. The van der Waals surface area contributed by atoms with Gasteiger partial charge in [-0.3, -0.25) is 9.69 Å². The van der Waals surface area contributed by atoms with Gasteiger partial charge in [0.2, 0.25) is 5.91 Å². The summed E-state index contributed by atoms with van der Waals surface area (Å²) in [5.74, 6) is 1.18. The topological polar surface area (TPSA) is 32.8 Å². The number of likely N-dealkylation sites (N-methyl/N-ethyl adjacent to an activating group) is 1. The lowest BCUT2D eigenvalue weighted by atomic mass is 9.87. The maximum Gasteiger partial charge on any atom is 0.226 e. The molecule has 3 aliphatic rings. The molecule has 4 heteroatoms. The fourth-order valence-corrected chi connectivity index (χ4v) is 5.22. The van der Waals surface area contributed by atoms with Crippen LogP contribution in [-0.2, 0) is 11.2 Å². The highest BCUT2D eigenvalue weighted by Crippen LogP contribution is 2.37. The predicted octanol–water partition coefficient (Wildman–Crippen LogP) is 3.64. The van der Waals surface area contributed by atoms with Gasteiger partial charge in [-0.25, -0.2) is 0 Å². The van der Waals surface area contributed by atoms with Crippen LogP contribution >= 0.6 is 0 Å². The zero-order valence-electron chi connectivity index (χ0n) is 16.2. The summed E-state index contributed by atoms with van der Waals surface area (Å²) >= 11 is 0. The number of hydrogen-bond acceptors (Lipinski definition) is 3. The lowest BCUT2D eigenvalue weighted by molar-refractivity contribution is -0.137. The third kappa shape index (κ3) is 3.48. The van der Waals surface area contributed by atoms with E-state index in [2.05, 4.69) is 22.8 Å². The van der Waals surface area contributed by atoms with Crippen LogP contribution in [0.2, 0.25) is 0 Å². The largest absolute Gasteiger partial charge is 0.486 e. The Balaban J connectivity index is 1.42. The average molecular weight is 357 g/mol. The van der Waals surface area contributed by atoms with Gasteiger partial charge < -0.3 is 9.64 Å². The Morgan fingerprint density at radius 1 is 1.19 bits per heavy atom. The molecule has 0 spiro atoms. The number of nitrogens with zero attached hydrogens (tertiary/aromatic N) is 2. The molecule has 142 valence electrons. The van der Waals surface area contributed by atoms with E-state index < -0.39 is 5.60 Å². The second-order valence-electron chi connectivity index (χ2n) is 8.68. The third-order valence-corrected chi connectivity index (χ3v) is 6.61. The molecule has 4 nitrogen and oxygen atoms in total.